The molecule has 2 aromatic rings. The minimum atomic E-state index is -0.178. The minimum absolute atomic E-state index is 0.178. The monoisotopic (exact) mass is 390 g/mol. The van der Waals surface area contributed by atoms with Gasteiger partial charge < -0.3 is 5.32 Å². The van der Waals surface area contributed by atoms with Crippen molar-refractivity contribution in [3.8, 4) is 0 Å². The summed E-state index contributed by atoms with van der Waals surface area (Å²) in [6.45, 7) is 5.65. The van der Waals surface area contributed by atoms with Gasteiger partial charge in [-0.1, -0.05) is 49.1 Å². The lowest BCUT2D eigenvalue weighted by Crippen LogP contribution is -2.30. The first-order valence-electron chi connectivity index (χ1n) is 8.71. The van der Waals surface area contributed by atoms with E-state index in [9.17, 15) is 9.59 Å². The average Bonchev–Trinajstić information content (AvgIpc) is 3.18. The molecule has 0 radical (unpaired) electrons. The Kier molecular flexibility index (Phi) is 6.26. The standard InChI is InChI=1S/C18H22N4O2S2/c1-12(2)11-19-17-20-21-18(26-17)25-10-6-5-9-22-15(23)13-7-3-4-8-14(13)16(22)24/h3-4,7-8,12H,5-6,9-11H2,1-2H3,(H,19,20). The highest BCUT2D eigenvalue weighted by molar-refractivity contribution is 8.01. The lowest BCUT2D eigenvalue weighted by molar-refractivity contribution is 0.0652. The van der Waals surface area contributed by atoms with E-state index in [0.717, 1.165) is 34.6 Å². The molecule has 1 N–H and O–H groups in total. The van der Waals surface area contributed by atoms with Crippen molar-refractivity contribution in [2.75, 3.05) is 24.2 Å². The van der Waals surface area contributed by atoms with Crippen LogP contribution >= 0.6 is 23.1 Å². The van der Waals surface area contributed by atoms with Crippen LogP contribution in [-0.2, 0) is 0 Å². The van der Waals surface area contributed by atoms with Crippen molar-refractivity contribution in [1.82, 2.24) is 15.1 Å². The van der Waals surface area contributed by atoms with Crippen molar-refractivity contribution in [1.29, 1.82) is 0 Å². The second-order valence-corrected chi connectivity index (χ2v) is 8.83. The van der Waals surface area contributed by atoms with Crippen LogP contribution < -0.4 is 5.32 Å². The Labute approximate surface area is 161 Å². The molecular formula is C18H22N4O2S2. The fourth-order valence-corrected chi connectivity index (χ4v) is 4.43. The number of amides is 2. The molecule has 0 atom stereocenters. The van der Waals surface area contributed by atoms with Crippen molar-refractivity contribution in [3.63, 3.8) is 0 Å². The topological polar surface area (TPSA) is 75.2 Å². The van der Waals surface area contributed by atoms with Gasteiger partial charge in [0.15, 0.2) is 4.34 Å². The van der Waals surface area contributed by atoms with Gasteiger partial charge in [-0.05, 0) is 30.9 Å². The van der Waals surface area contributed by atoms with Crippen LogP contribution in [0.2, 0.25) is 0 Å². The van der Waals surface area contributed by atoms with Crippen molar-refractivity contribution < 1.29 is 9.59 Å². The summed E-state index contributed by atoms with van der Waals surface area (Å²) in [7, 11) is 0. The first kappa shape index (κ1) is 18.8. The summed E-state index contributed by atoms with van der Waals surface area (Å²) < 4.78 is 0.942. The summed E-state index contributed by atoms with van der Waals surface area (Å²) in [6, 6.07) is 7.00. The van der Waals surface area contributed by atoms with Crippen LogP contribution in [0.3, 0.4) is 0 Å². The summed E-state index contributed by atoms with van der Waals surface area (Å²) in [6.07, 6.45) is 1.70. The van der Waals surface area contributed by atoms with E-state index in [1.807, 2.05) is 0 Å². The highest BCUT2D eigenvalue weighted by atomic mass is 32.2. The number of fused-ring (bicyclic) bond motifs is 1. The van der Waals surface area contributed by atoms with Gasteiger partial charge in [-0.15, -0.1) is 10.2 Å². The number of imide groups is 1. The van der Waals surface area contributed by atoms with Gasteiger partial charge in [0.25, 0.3) is 11.8 Å². The number of aromatic nitrogens is 2. The molecule has 0 spiro atoms. The maximum Gasteiger partial charge on any atom is 0.261 e. The summed E-state index contributed by atoms with van der Waals surface area (Å²) >= 11 is 3.23. The number of nitrogens with one attached hydrogen (secondary N) is 1. The number of hydrogen-bond donors (Lipinski definition) is 1. The second kappa shape index (κ2) is 8.64. The highest BCUT2D eigenvalue weighted by Gasteiger charge is 2.34. The molecule has 0 fully saturated rings. The number of hydrogen-bond acceptors (Lipinski definition) is 7. The number of benzene rings is 1. The summed E-state index contributed by atoms with van der Waals surface area (Å²) in [5.41, 5.74) is 1.03. The van der Waals surface area contributed by atoms with E-state index in [1.54, 1.807) is 47.4 Å². The fraction of sp³-hybridized carbons (Fsp3) is 0.444. The SMILES string of the molecule is CC(C)CNc1nnc(SCCCCN2C(=O)c3ccccc3C2=O)s1. The van der Waals surface area contributed by atoms with Gasteiger partial charge in [-0.3, -0.25) is 14.5 Å². The smallest absolute Gasteiger partial charge is 0.261 e. The third-order valence-electron chi connectivity index (χ3n) is 3.95. The lowest BCUT2D eigenvalue weighted by atomic mass is 10.1. The van der Waals surface area contributed by atoms with Crippen molar-refractivity contribution in [3.05, 3.63) is 35.4 Å². The quantitative estimate of drug-likeness (QED) is 0.399. The molecule has 0 saturated heterocycles. The molecule has 1 aromatic heterocycles. The van der Waals surface area contributed by atoms with Crippen LogP contribution in [0.1, 0.15) is 47.4 Å². The molecule has 2 heterocycles. The van der Waals surface area contributed by atoms with E-state index in [1.165, 1.54) is 4.90 Å². The van der Waals surface area contributed by atoms with Gasteiger partial charge in [0.05, 0.1) is 11.1 Å². The Balaban J connectivity index is 1.39. The second-order valence-electron chi connectivity index (χ2n) is 6.51. The maximum atomic E-state index is 12.3. The summed E-state index contributed by atoms with van der Waals surface area (Å²) in [5.74, 6) is 1.10. The van der Waals surface area contributed by atoms with Crippen molar-refractivity contribution >= 4 is 40.0 Å². The number of thioether (sulfide) groups is 1. The molecule has 2 amide bonds. The molecule has 138 valence electrons. The first-order chi connectivity index (χ1) is 12.6. The van der Waals surface area contributed by atoms with Crippen molar-refractivity contribution in [2.45, 2.75) is 31.0 Å². The fourth-order valence-electron chi connectivity index (χ4n) is 2.60. The molecule has 26 heavy (non-hydrogen) atoms. The van der Waals surface area contributed by atoms with Gasteiger partial charge in [-0.2, -0.15) is 0 Å². The first-order valence-corrected chi connectivity index (χ1v) is 10.5. The van der Waals surface area contributed by atoms with E-state index in [4.69, 9.17) is 0 Å². The molecule has 6 nitrogen and oxygen atoms in total. The van der Waals surface area contributed by atoms with Gasteiger partial charge in [0, 0.05) is 18.8 Å². The molecule has 1 aromatic carbocycles. The minimum Gasteiger partial charge on any atom is -0.360 e. The molecule has 0 aliphatic carbocycles. The zero-order valence-corrected chi connectivity index (χ0v) is 16.5. The summed E-state index contributed by atoms with van der Waals surface area (Å²) in [4.78, 5) is 25.9. The molecule has 0 unspecified atom stereocenters. The van der Waals surface area contributed by atoms with E-state index in [-0.39, 0.29) is 11.8 Å². The predicted molar refractivity (Wildman–Crippen MR) is 105 cm³/mol. The number of anilines is 1. The van der Waals surface area contributed by atoms with E-state index in [2.05, 4.69) is 29.4 Å². The normalized spacial score (nSPS) is 13.6. The van der Waals surface area contributed by atoms with E-state index < -0.39 is 0 Å². The van der Waals surface area contributed by atoms with Gasteiger partial charge in [0.1, 0.15) is 0 Å². The van der Waals surface area contributed by atoms with Gasteiger partial charge >= 0.3 is 0 Å². The number of unbranched alkanes of at least 4 members (excludes halogenated alkanes) is 1. The van der Waals surface area contributed by atoms with Crippen LogP contribution in [0.15, 0.2) is 28.6 Å². The Bertz CT molecular complexity index is 756. The van der Waals surface area contributed by atoms with Gasteiger partial charge in [0.2, 0.25) is 5.13 Å². The van der Waals surface area contributed by atoms with Crippen LogP contribution in [0.4, 0.5) is 5.13 Å². The maximum absolute atomic E-state index is 12.3. The third kappa shape index (κ3) is 4.42. The zero-order valence-electron chi connectivity index (χ0n) is 14.9. The molecule has 1 aliphatic heterocycles. The molecule has 8 heteroatoms. The number of rotatable bonds is 9. The molecule has 0 bridgehead atoms. The number of carbonyl (C=O) groups is 2. The summed E-state index contributed by atoms with van der Waals surface area (Å²) in [5, 5.41) is 12.4. The predicted octanol–water partition coefficient (Wildman–Crippen LogP) is 3.77. The van der Waals surface area contributed by atoms with Crippen LogP contribution in [0.25, 0.3) is 0 Å². The highest BCUT2D eigenvalue weighted by Crippen LogP contribution is 2.27. The number of carbonyl (C=O) groups excluding carboxylic acids is 2. The molecule has 1 aliphatic rings. The Morgan fingerprint density at radius 1 is 1.12 bits per heavy atom. The van der Waals surface area contributed by atoms with Crippen LogP contribution in [0.5, 0.6) is 0 Å². The van der Waals surface area contributed by atoms with E-state index >= 15 is 0 Å². The molecule has 0 saturated carbocycles. The third-order valence-corrected chi connectivity index (χ3v) is 6.05. The molecular weight excluding hydrogens is 368 g/mol. The Morgan fingerprint density at radius 3 is 2.46 bits per heavy atom. The largest absolute Gasteiger partial charge is 0.360 e. The molecule has 3 rings (SSSR count). The number of nitrogens with zero attached hydrogens (tertiary/aromatic N) is 3. The van der Waals surface area contributed by atoms with Crippen LogP contribution in [-0.4, -0.2) is 45.8 Å². The van der Waals surface area contributed by atoms with Gasteiger partial charge in [-0.25, -0.2) is 0 Å². The lowest BCUT2D eigenvalue weighted by Gasteiger charge is -2.13. The Hall–Kier alpha value is -1.93. The van der Waals surface area contributed by atoms with Crippen molar-refractivity contribution in [2.24, 2.45) is 5.92 Å². The zero-order chi connectivity index (χ0) is 18.5. The van der Waals surface area contributed by atoms with E-state index in [0.29, 0.717) is 23.6 Å². The van der Waals surface area contributed by atoms with Crippen LogP contribution in [0, 0.1) is 5.92 Å². The average molecular weight is 391 g/mol. The Morgan fingerprint density at radius 2 is 1.81 bits per heavy atom.